The molecule has 5 nitrogen and oxygen atoms in total. The molecule has 0 radical (unpaired) electrons. The molecule has 1 aromatic rings. The van der Waals surface area contributed by atoms with Crippen molar-refractivity contribution in [2.45, 2.75) is 25.8 Å². The number of primary amides is 1. The highest BCUT2D eigenvalue weighted by Gasteiger charge is 2.28. The van der Waals surface area contributed by atoms with E-state index in [1.807, 2.05) is 19.1 Å². The number of nitrogens with zero attached hydrogens (tertiary/aromatic N) is 1. The van der Waals surface area contributed by atoms with Crippen molar-refractivity contribution in [1.82, 2.24) is 4.90 Å². The largest absolute Gasteiger partial charge is 0.460 e. The highest BCUT2D eigenvalue weighted by atomic mass is 35.5. The first-order valence-corrected chi connectivity index (χ1v) is 7.52. The summed E-state index contributed by atoms with van der Waals surface area (Å²) in [6.45, 7) is 2.61. The maximum Gasteiger partial charge on any atom is 0.331 e. The number of ether oxygens (including phenoxy) is 1. The van der Waals surface area contributed by atoms with Crippen molar-refractivity contribution in [2.75, 3.05) is 13.2 Å². The molecular weight excluding hydrogens is 304 g/mol. The number of hydrogen-bond donors (Lipinski definition) is 1. The number of amides is 2. The Morgan fingerprint density at radius 2 is 2.27 bits per heavy atom. The molecule has 6 heteroatoms. The minimum Gasteiger partial charge on any atom is -0.460 e. The van der Waals surface area contributed by atoms with Crippen LogP contribution in [0.3, 0.4) is 0 Å². The molecule has 22 heavy (non-hydrogen) atoms. The summed E-state index contributed by atoms with van der Waals surface area (Å²) >= 11 is 5.93. The van der Waals surface area contributed by atoms with Gasteiger partial charge in [-0.15, -0.1) is 0 Å². The SMILES string of the molecule is C/C(=C\C(=O)OCC1CCCN1C(N)=O)c1cccc(Cl)c1. The van der Waals surface area contributed by atoms with Crippen molar-refractivity contribution >= 4 is 29.2 Å². The molecule has 1 aliphatic heterocycles. The van der Waals surface area contributed by atoms with Crippen molar-refractivity contribution in [3.63, 3.8) is 0 Å². The third kappa shape index (κ3) is 4.24. The van der Waals surface area contributed by atoms with E-state index < -0.39 is 12.0 Å². The standard InChI is InChI=1S/C16H19ClN2O3/c1-11(12-4-2-5-13(17)9-12)8-15(20)22-10-14-6-3-7-19(14)16(18)21/h2,4-5,8-9,14H,3,6-7,10H2,1H3,(H2,18,21)/b11-8+. The van der Waals surface area contributed by atoms with Gasteiger partial charge in [0.1, 0.15) is 6.61 Å². The first kappa shape index (κ1) is 16.4. The van der Waals surface area contributed by atoms with Crippen LogP contribution in [0, 0.1) is 0 Å². The van der Waals surface area contributed by atoms with E-state index >= 15 is 0 Å². The zero-order valence-corrected chi connectivity index (χ0v) is 13.2. The minimum absolute atomic E-state index is 0.124. The Morgan fingerprint density at radius 3 is 2.95 bits per heavy atom. The number of nitrogens with two attached hydrogens (primary N) is 1. The quantitative estimate of drug-likeness (QED) is 0.684. The Labute approximate surface area is 134 Å². The van der Waals surface area contributed by atoms with Gasteiger partial charge in [0.2, 0.25) is 0 Å². The first-order valence-electron chi connectivity index (χ1n) is 7.14. The smallest absolute Gasteiger partial charge is 0.331 e. The Balaban J connectivity index is 1.92. The van der Waals surface area contributed by atoms with Gasteiger partial charge in [-0.25, -0.2) is 9.59 Å². The number of carbonyl (C=O) groups excluding carboxylic acids is 2. The average Bonchev–Trinajstić information content (AvgIpc) is 2.93. The van der Waals surface area contributed by atoms with E-state index in [0.717, 1.165) is 24.0 Å². The van der Waals surface area contributed by atoms with Gasteiger partial charge in [0.05, 0.1) is 6.04 Å². The van der Waals surface area contributed by atoms with Crippen LogP contribution in [0.5, 0.6) is 0 Å². The molecule has 1 atom stereocenters. The predicted molar refractivity (Wildman–Crippen MR) is 85.4 cm³/mol. The first-order chi connectivity index (χ1) is 10.5. The molecular formula is C16H19ClN2O3. The second-order valence-electron chi connectivity index (χ2n) is 5.30. The van der Waals surface area contributed by atoms with Crippen molar-refractivity contribution in [3.05, 3.63) is 40.9 Å². The summed E-state index contributed by atoms with van der Waals surface area (Å²) in [5.74, 6) is -0.436. The molecule has 0 bridgehead atoms. The number of carbonyl (C=O) groups is 2. The van der Waals surface area contributed by atoms with E-state index in [1.165, 1.54) is 6.08 Å². The maximum absolute atomic E-state index is 11.9. The van der Waals surface area contributed by atoms with Gasteiger partial charge in [0.25, 0.3) is 0 Å². The monoisotopic (exact) mass is 322 g/mol. The fraction of sp³-hybridized carbons (Fsp3) is 0.375. The summed E-state index contributed by atoms with van der Waals surface area (Å²) in [5, 5.41) is 0.613. The topological polar surface area (TPSA) is 72.6 Å². The molecule has 2 amide bonds. The predicted octanol–water partition coefficient (Wildman–Crippen LogP) is 2.83. The lowest BCUT2D eigenvalue weighted by Gasteiger charge is -2.21. The van der Waals surface area contributed by atoms with Crippen molar-refractivity contribution in [2.24, 2.45) is 5.73 Å². The molecule has 1 saturated heterocycles. The van der Waals surface area contributed by atoms with Crippen LogP contribution < -0.4 is 5.73 Å². The average molecular weight is 323 g/mol. The minimum atomic E-state index is -0.468. The van der Waals surface area contributed by atoms with Crippen molar-refractivity contribution < 1.29 is 14.3 Å². The lowest BCUT2D eigenvalue weighted by Crippen LogP contribution is -2.41. The number of urea groups is 1. The van der Waals surface area contributed by atoms with Gasteiger partial charge in [-0.05, 0) is 43.0 Å². The van der Waals surface area contributed by atoms with E-state index in [-0.39, 0.29) is 12.6 Å². The highest BCUT2D eigenvalue weighted by Crippen LogP contribution is 2.19. The molecule has 2 rings (SSSR count). The maximum atomic E-state index is 11.9. The van der Waals surface area contributed by atoms with Crippen molar-refractivity contribution in [3.8, 4) is 0 Å². The number of benzene rings is 1. The van der Waals surface area contributed by atoms with Crippen LogP contribution in [0.2, 0.25) is 5.02 Å². The number of halogens is 1. The molecule has 0 aromatic heterocycles. The Morgan fingerprint density at radius 1 is 1.50 bits per heavy atom. The summed E-state index contributed by atoms with van der Waals surface area (Å²) in [4.78, 5) is 24.7. The Hall–Kier alpha value is -2.01. The molecule has 118 valence electrons. The van der Waals surface area contributed by atoms with Gasteiger partial charge in [0, 0.05) is 17.6 Å². The van der Waals surface area contributed by atoms with Gasteiger partial charge in [-0.2, -0.15) is 0 Å². The Bertz CT molecular complexity index is 601. The van der Waals surface area contributed by atoms with Crippen LogP contribution in [0.4, 0.5) is 4.79 Å². The summed E-state index contributed by atoms with van der Waals surface area (Å²) < 4.78 is 5.23. The molecule has 0 saturated carbocycles. The summed E-state index contributed by atoms with van der Waals surface area (Å²) in [6.07, 6.45) is 3.10. The number of allylic oxidation sites excluding steroid dienone is 1. The second-order valence-corrected chi connectivity index (χ2v) is 5.73. The summed E-state index contributed by atoms with van der Waals surface area (Å²) in [6, 6.07) is 6.66. The van der Waals surface area contributed by atoms with Crippen LogP contribution in [0.25, 0.3) is 5.57 Å². The molecule has 1 aromatic carbocycles. The van der Waals surface area contributed by atoms with Crippen LogP contribution in [-0.2, 0) is 9.53 Å². The van der Waals surface area contributed by atoms with E-state index in [0.29, 0.717) is 11.6 Å². The van der Waals surface area contributed by atoms with Gasteiger partial charge < -0.3 is 15.4 Å². The number of esters is 1. The third-order valence-electron chi connectivity index (χ3n) is 3.69. The molecule has 1 fully saturated rings. The van der Waals surface area contributed by atoms with E-state index in [9.17, 15) is 9.59 Å². The fourth-order valence-electron chi connectivity index (χ4n) is 2.51. The van der Waals surface area contributed by atoms with Gasteiger partial charge >= 0.3 is 12.0 Å². The molecule has 2 N–H and O–H groups in total. The van der Waals surface area contributed by atoms with Gasteiger partial charge in [-0.3, -0.25) is 0 Å². The van der Waals surface area contributed by atoms with Crippen LogP contribution in [0.1, 0.15) is 25.3 Å². The fourth-order valence-corrected chi connectivity index (χ4v) is 2.70. The lowest BCUT2D eigenvalue weighted by atomic mass is 10.1. The zero-order chi connectivity index (χ0) is 16.1. The number of hydrogen-bond acceptors (Lipinski definition) is 3. The molecule has 1 aliphatic rings. The van der Waals surface area contributed by atoms with Crippen LogP contribution in [-0.4, -0.2) is 36.1 Å². The zero-order valence-electron chi connectivity index (χ0n) is 12.4. The molecule has 0 spiro atoms. The summed E-state index contributed by atoms with van der Waals surface area (Å²) in [7, 11) is 0. The normalized spacial score (nSPS) is 18.4. The molecule has 0 aliphatic carbocycles. The van der Waals surface area contributed by atoms with E-state index in [1.54, 1.807) is 17.0 Å². The van der Waals surface area contributed by atoms with E-state index in [2.05, 4.69) is 0 Å². The summed E-state index contributed by atoms with van der Waals surface area (Å²) in [5.41, 5.74) is 6.92. The molecule has 1 heterocycles. The van der Waals surface area contributed by atoms with Crippen LogP contribution >= 0.6 is 11.6 Å². The third-order valence-corrected chi connectivity index (χ3v) is 3.93. The van der Waals surface area contributed by atoms with Gasteiger partial charge in [0.15, 0.2) is 0 Å². The van der Waals surface area contributed by atoms with Crippen LogP contribution in [0.15, 0.2) is 30.3 Å². The number of likely N-dealkylation sites (tertiary alicyclic amines) is 1. The second kappa shape index (κ2) is 7.31. The highest BCUT2D eigenvalue weighted by molar-refractivity contribution is 6.30. The van der Waals surface area contributed by atoms with E-state index in [4.69, 9.17) is 22.1 Å². The Kier molecular flexibility index (Phi) is 5.44. The van der Waals surface area contributed by atoms with Crippen molar-refractivity contribution in [1.29, 1.82) is 0 Å². The molecule has 1 unspecified atom stereocenters. The lowest BCUT2D eigenvalue weighted by molar-refractivity contribution is -0.138. The van der Waals surface area contributed by atoms with Gasteiger partial charge in [-0.1, -0.05) is 23.7 Å². The number of rotatable bonds is 4.